The molecule has 0 spiro atoms. The topological polar surface area (TPSA) is 255 Å². The number of carboxylic acid groups (broad SMARTS) is 1. The molecule has 0 fully saturated rings. The second-order valence-electron chi connectivity index (χ2n) is 19.4. The van der Waals surface area contributed by atoms with Crippen LogP contribution in [0.15, 0.2) is 100 Å². The lowest BCUT2D eigenvalue weighted by Gasteiger charge is -2.33. The molecule has 0 saturated carbocycles. The lowest BCUT2D eigenvalue weighted by atomic mass is 9.71. The maximum Gasteiger partial charge on any atom is 0.415 e. The van der Waals surface area contributed by atoms with Crippen molar-refractivity contribution in [3.05, 3.63) is 134 Å². The van der Waals surface area contributed by atoms with Gasteiger partial charge in [-0.1, -0.05) is 32.0 Å². The largest absolute Gasteiger partial charge is 0.508 e. The number of ketones is 2. The number of nitrogens with zero attached hydrogens (tertiary/aromatic N) is 4. The van der Waals surface area contributed by atoms with Crippen molar-refractivity contribution in [2.75, 3.05) is 39.8 Å². The second-order valence-corrected chi connectivity index (χ2v) is 21.3. The van der Waals surface area contributed by atoms with Crippen LogP contribution >= 0.6 is 22.7 Å². The average molecular weight is 1070 g/mol. The number of carboxylic acids is 1. The summed E-state index contributed by atoms with van der Waals surface area (Å²) in [5, 5.41) is 39.6. The molecule has 0 saturated heterocycles. The lowest BCUT2D eigenvalue weighted by Crippen LogP contribution is -2.42. The molecule has 2 aromatic heterocycles. The van der Waals surface area contributed by atoms with E-state index in [9.17, 15) is 48.9 Å². The van der Waals surface area contributed by atoms with E-state index in [1.54, 1.807) is 78.1 Å². The Kier molecular flexibility index (Phi) is 15.9. The molecular weight excluding hydrogens is 1010 g/mol. The van der Waals surface area contributed by atoms with Crippen molar-refractivity contribution in [2.24, 2.45) is 5.41 Å². The van der Waals surface area contributed by atoms with Gasteiger partial charge in [-0.05, 0) is 76.1 Å². The Morgan fingerprint density at radius 1 is 0.763 bits per heavy atom. The number of Topliss-reactive ketones (excluding diaryl/α,β-unsaturated/α-hetero) is 2. The molecule has 3 heterocycles. The second kappa shape index (κ2) is 22.3. The molecule has 2 aliphatic rings. The van der Waals surface area contributed by atoms with E-state index < -0.39 is 29.3 Å². The fraction of sp³-hybridized carbons (Fsp3) is 0.304. The zero-order valence-electron chi connectivity index (χ0n) is 42.9. The number of aromatic nitrogens is 2. The molecule has 0 unspecified atom stereocenters. The Morgan fingerprint density at radius 2 is 1.42 bits per heavy atom. The first-order chi connectivity index (χ1) is 36.1. The van der Waals surface area contributed by atoms with Crippen molar-refractivity contribution < 1.29 is 58.4 Å². The molecule has 5 N–H and O–H groups in total. The third-order valence-corrected chi connectivity index (χ3v) is 15.6. The van der Waals surface area contributed by atoms with Gasteiger partial charge in [-0.2, -0.15) is 0 Å². The third-order valence-electron chi connectivity index (χ3n) is 13.5. The smallest absolute Gasteiger partial charge is 0.415 e. The molecular formula is C56H56N6O12S2. The van der Waals surface area contributed by atoms with Crippen LogP contribution in [0.3, 0.4) is 0 Å². The van der Waals surface area contributed by atoms with Crippen LogP contribution in [0.25, 0.3) is 20.2 Å². The highest BCUT2D eigenvalue weighted by Gasteiger charge is 2.39. The molecule has 4 amide bonds. The fourth-order valence-electron chi connectivity index (χ4n) is 9.33. The summed E-state index contributed by atoms with van der Waals surface area (Å²) in [7, 11) is 1.59. The van der Waals surface area contributed by atoms with Crippen LogP contribution in [-0.2, 0) is 19.2 Å². The number of aryl methyl sites for hydroxylation is 1. The number of ether oxygens (including phenoxy) is 2. The molecule has 0 radical (unpaired) electrons. The SMILES string of the molecule is CC1=C(C)C(=O)C(C(C)(C)CC(=O)N(C)CCN(CCCC(=O)NCCNC(=O)c2ccc(C3c4ccc(O)cc4Oc4cc(O)ccc43)c(C(=O)O)c2)C(=O)Oc2ccc3nc(-c4nc(C)cs4)sc3c2)=C(C)C1=O. The van der Waals surface area contributed by atoms with Crippen molar-refractivity contribution in [2.45, 2.75) is 66.7 Å². The van der Waals surface area contributed by atoms with Crippen molar-refractivity contribution in [3.8, 4) is 38.8 Å². The van der Waals surface area contributed by atoms with E-state index in [2.05, 4.69) is 20.6 Å². The number of carbonyl (C=O) groups excluding carboxylic acids is 6. The highest BCUT2D eigenvalue weighted by molar-refractivity contribution is 7.25. The van der Waals surface area contributed by atoms with Crippen LogP contribution in [0.1, 0.15) is 103 Å². The van der Waals surface area contributed by atoms with Crippen LogP contribution in [0.4, 0.5) is 4.79 Å². The summed E-state index contributed by atoms with van der Waals surface area (Å²) in [5.41, 5.74) is 3.39. The minimum absolute atomic E-state index is 0.00436. The van der Waals surface area contributed by atoms with Crippen molar-refractivity contribution in [3.63, 3.8) is 0 Å². The number of benzene rings is 4. The Hall–Kier alpha value is -8.23. The number of aromatic hydroxyl groups is 2. The van der Waals surface area contributed by atoms with Gasteiger partial charge in [0, 0.05) is 132 Å². The predicted molar refractivity (Wildman–Crippen MR) is 285 cm³/mol. The predicted octanol–water partition coefficient (Wildman–Crippen LogP) is 8.93. The summed E-state index contributed by atoms with van der Waals surface area (Å²) >= 11 is 2.90. The molecule has 1 aliphatic heterocycles. The number of hydrogen-bond donors (Lipinski definition) is 5. The molecule has 394 valence electrons. The number of phenols is 2. The summed E-state index contributed by atoms with van der Waals surface area (Å²) in [6, 6.07) is 18.4. The Bertz CT molecular complexity index is 3380. The first-order valence-corrected chi connectivity index (χ1v) is 26.1. The molecule has 6 aromatic rings. The van der Waals surface area contributed by atoms with Gasteiger partial charge in [0.2, 0.25) is 11.8 Å². The van der Waals surface area contributed by atoms with Gasteiger partial charge in [-0.25, -0.2) is 19.6 Å². The minimum Gasteiger partial charge on any atom is -0.508 e. The van der Waals surface area contributed by atoms with Crippen molar-refractivity contribution in [1.82, 2.24) is 30.4 Å². The van der Waals surface area contributed by atoms with E-state index in [-0.39, 0.29) is 115 Å². The first kappa shape index (κ1) is 54.0. The molecule has 18 nitrogen and oxygen atoms in total. The van der Waals surface area contributed by atoms with E-state index in [0.29, 0.717) is 44.5 Å². The molecule has 20 heteroatoms. The number of nitrogens with one attached hydrogen (secondary N) is 2. The summed E-state index contributed by atoms with van der Waals surface area (Å²) in [6.07, 6.45) is -0.604. The number of thiazole rings is 2. The fourth-order valence-corrected chi connectivity index (χ4v) is 11.2. The third kappa shape index (κ3) is 11.7. The number of carbonyl (C=O) groups is 7. The Morgan fingerprint density at radius 3 is 2.08 bits per heavy atom. The standard InChI is InChI=1S/C56H56N6O12S2/c1-29-28-75-52(59-29)53-60-41-17-13-36(26-44(41)76-53)73-55(72)62(22-21-61(7)46(66)27-56(5,6)48-32(4)49(67)30(2)31(3)50(48)68)20-8-9-45(65)57-18-19-58-51(69)33-10-14-37(40(23-33)54(70)71)47-38-15-11-34(63)24-42(38)74-43-25-35(64)12-16-39(43)47/h10-17,23-26,28,47,63-64H,8-9,18-22,27H2,1-7H3,(H,57,65)(H,58,69)(H,70,71). The van der Waals surface area contributed by atoms with Crippen molar-refractivity contribution >= 4 is 74.2 Å². The van der Waals surface area contributed by atoms with E-state index in [0.717, 1.165) is 20.4 Å². The first-order valence-electron chi connectivity index (χ1n) is 24.4. The number of rotatable bonds is 18. The van der Waals surface area contributed by atoms with Crippen LogP contribution in [0.5, 0.6) is 28.7 Å². The molecule has 76 heavy (non-hydrogen) atoms. The zero-order valence-corrected chi connectivity index (χ0v) is 44.5. The van der Waals surface area contributed by atoms with Crippen molar-refractivity contribution in [1.29, 1.82) is 0 Å². The quantitative estimate of drug-likeness (QED) is 0.0397. The Balaban J connectivity index is 0.883. The van der Waals surface area contributed by atoms with Crippen LogP contribution in [0, 0.1) is 12.3 Å². The summed E-state index contributed by atoms with van der Waals surface area (Å²) < 4.78 is 12.6. The number of amides is 4. The van der Waals surface area contributed by atoms with Gasteiger partial charge < -0.3 is 45.2 Å². The van der Waals surface area contributed by atoms with Gasteiger partial charge in [0.15, 0.2) is 21.6 Å². The highest BCUT2D eigenvalue weighted by Crippen LogP contribution is 2.50. The van der Waals surface area contributed by atoms with E-state index in [1.807, 2.05) is 12.3 Å². The van der Waals surface area contributed by atoms with E-state index in [4.69, 9.17) is 9.47 Å². The zero-order chi connectivity index (χ0) is 54.7. The number of likely N-dealkylation sites (N-methyl/N-ethyl adjacent to an activating group) is 1. The average Bonchev–Trinajstić information content (AvgIpc) is 4.02. The van der Waals surface area contributed by atoms with Crippen LogP contribution in [0.2, 0.25) is 0 Å². The Labute approximate surface area is 445 Å². The van der Waals surface area contributed by atoms with Gasteiger partial charge in [0.25, 0.3) is 5.91 Å². The van der Waals surface area contributed by atoms with Gasteiger partial charge in [0.1, 0.15) is 28.7 Å². The molecule has 0 atom stereocenters. The maximum atomic E-state index is 13.9. The number of aromatic carboxylic acids is 1. The summed E-state index contributed by atoms with van der Waals surface area (Å²) in [4.78, 5) is 105. The number of fused-ring (bicyclic) bond motifs is 3. The molecule has 0 bridgehead atoms. The highest BCUT2D eigenvalue weighted by atomic mass is 32.1. The maximum absolute atomic E-state index is 13.9. The number of hydrogen-bond acceptors (Lipinski definition) is 15. The van der Waals surface area contributed by atoms with E-state index in [1.165, 1.54) is 68.9 Å². The minimum atomic E-state index is -1.28. The van der Waals surface area contributed by atoms with Crippen LogP contribution in [-0.4, -0.2) is 116 Å². The molecule has 4 aromatic carbocycles. The molecule has 1 aliphatic carbocycles. The summed E-state index contributed by atoms with van der Waals surface area (Å²) in [5.74, 6) is -3.02. The van der Waals surface area contributed by atoms with Gasteiger partial charge in [-0.3, -0.25) is 24.0 Å². The lowest BCUT2D eigenvalue weighted by molar-refractivity contribution is -0.132. The van der Waals surface area contributed by atoms with Gasteiger partial charge >= 0.3 is 12.1 Å². The van der Waals surface area contributed by atoms with Gasteiger partial charge in [0.05, 0.1) is 15.8 Å². The van der Waals surface area contributed by atoms with Crippen LogP contribution < -0.4 is 20.1 Å². The summed E-state index contributed by atoms with van der Waals surface area (Å²) in [6.45, 7) is 10.5. The normalized spacial score (nSPS) is 13.5. The van der Waals surface area contributed by atoms with Gasteiger partial charge in [-0.15, -0.1) is 22.7 Å². The number of phenolic OH excluding ortho intramolecular Hbond substituents is 2. The van der Waals surface area contributed by atoms with E-state index >= 15 is 0 Å². The molecule has 8 rings (SSSR count). The number of allylic oxidation sites excluding steroid dienone is 4. The monoisotopic (exact) mass is 1070 g/mol.